The Morgan fingerprint density at radius 2 is 1.43 bits per heavy atom. The standard InChI is InChI=1S/C33H42N4O6S/c1-7-20-15(2)25(36-33(20)43)12-23-16(3)21(8-10-29(38)39)26(34-23)14-27-22(9-11-30(40)41)17(4)24(35-27)13-28-31(19(6)44)18(5)32(42)37-28/h12-13,18-19,31,34-35,44H,7-11,14H2,1-6H3,(H,36,43)(H,37,42)(H,38,39)(H,40,41)/b25-12-,28-13-/t18-,19?,31+/m1/s1. The molecule has 2 aliphatic rings. The van der Waals surface area contributed by atoms with Crippen LogP contribution in [0, 0.1) is 25.7 Å². The number of thiol groups is 1. The van der Waals surface area contributed by atoms with Gasteiger partial charge in [0.1, 0.15) is 0 Å². The van der Waals surface area contributed by atoms with E-state index in [9.17, 15) is 29.4 Å². The van der Waals surface area contributed by atoms with Crippen LogP contribution in [0.3, 0.4) is 0 Å². The Bertz CT molecular complexity index is 1610. The summed E-state index contributed by atoms with van der Waals surface area (Å²) in [7, 11) is 0. The number of hydrogen-bond donors (Lipinski definition) is 7. The summed E-state index contributed by atoms with van der Waals surface area (Å²) in [6.45, 7) is 11.6. The third-order valence-electron chi connectivity index (χ3n) is 8.96. The van der Waals surface area contributed by atoms with Gasteiger partial charge in [-0.25, -0.2) is 0 Å². The molecule has 0 radical (unpaired) electrons. The predicted octanol–water partition coefficient (Wildman–Crippen LogP) is 4.82. The molecule has 0 aromatic carbocycles. The van der Waals surface area contributed by atoms with E-state index in [0.29, 0.717) is 31.4 Å². The van der Waals surface area contributed by atoms with Gasteiger partial charge in [-0.05, 0) is 80.0 Å². The number of hydrogen-bond acceptors (Lipinski definition) is 5. The maximum Gasteiger partial charge on any atom is 0.303 e. The highest BCUT2D eigenvalue weighted by Crippen LogP contribution is 2.35. The molecule has 11 heteroatoms. The van der Waals surface area contributed by atoms with E-state index in [-0.39, 0.29) is 41.7 Å². The minimum Gasteiger partial charge on any atom is -0.481 e. The summed E-state index contributed by atoms with van der Waals surface area (Å²) < 4.78 is 0. The highest BCUT2D eigenvalue weighted by molar-refractivity contribution is 7.80. The zero-order chi connectivity index (χ0) is 32.5. The number of aliphatic carboxylic acids is 2. The van der Waals surface area contributed by atoms with Crippen molar-refractivity contribution in [2.24, 2.45) is 11.8 Å². The average Bonchev–Trinajstić information content (AvgIpc) is 3.59. The Hall–Kier alpha value is -3.99. The summed E-state index contributed by atoms with van der Waals surface area (Å²) in [4.78, 5) is 55.0. The Labute approximate surface area is 262 Å². The molecule has 2 aromatic heterocycles. The molecule has 4 rings (SSSR count). The molecule has 0 saturated carbocycles. The maximum atomic E-state index is 12.5. The van der Waals surface area contributed by atoms with Gasteiger partial charge in [0.25, 0.3) is 5.91 Å². The first-order chi connectivity index (χ1) is 20.7. The quantitative estimate of drug-likeness (QED) is 0.168. The topological polar surface area (TPSA) is 164 Å². The number of H-pyrrole nitrogens is 2. The van der Waals surface area contributed by atoms with Crippen molar-refractivity contribution in [3.63, 3.8) is 0 Å². The van der Waals surface area contributed by atoms with Gasteiger partial charge in [-0.2, -0.15) is 12.6 Å². The van der Waals surface area contributed by atoms with Crippen LogP contribution < -0.4 is 10.6 Å². The van der Waals surface area contributed by atoms with Gasteiger partial charge in [0.15, 0.2) is 0 Å². The van der Waals surface area contributed by atoms with E-state index in [1.165, 1.54) is 0 Å². The molecule has 2 aromatic rings. The Morgan fingerprint density at radius 3 is 1.89 bits per heavy atom. The molecule has 236 valence electrons. The van der Waals surface area contributed by atoms with Gasteiger partial charge in [-0.1, -0.05) is 20.8 Å². The lowest BCUT2D eigenvalue weighted by Crippen LogP contribution is -2.19. The lowest BCUT2D eigenvalue weighted by molar-refractivity contribution is -0.138. The lowest BCUT2D eigenvalue weighted by Gasteiger charge is -2.17. The van der Waals surface area contributed by atoms with Gasteiger partial charge in [-0.15, -0.1) is 0 Å². The van der Waals surface area contributed by atoms with E-state index in [4.69, 9.17) is 0 Å². The first-order valence-corrected chi connectivity index (χ1v) is 15.5. The highest BCUT2D eigenvalue weighted by atomic mass is 32.1. The van der Waals surface area contributed by atoms with Crippen LogP contribution in [0.1, 0.15) is 92.0 Å². The van der Waals surface area contributed by atoms with Gasteiger partial charge in [0.2, 0.25) is 5.91 Å². The molecule has 1 fully saturated rings. The summed E-state index contributed by atoms with van der Waals surface area (Å²) in [6.07, 6.45) is 5.33. The largest absolute Gasteiger partial charge is 0.481 e. The smallest absolute Gasteiger partial charge is 0.303 e. The zero-order valence-electron chi connectivity index (χ0n) is 26.1. The van der Waals surface area contributed by atoms with Crippen molar-refractivity contribution in [2.75, 3.05) is 0 Å². The molecular formula is C33H42N4O6S. The summed E-state index contributed by atoms with van der Waals surface area (Å²) in [5.41, 5.74) is 9.83. The Kier molecular flexibility index (Phi) is 9.98. The van der Waals surface area contributed by atoms with Gasteiger partial charge in [-0.3, -0.25) is 19.2 Å². The minimum absolute atomic E-state index is 0.0501. The SMILES string of the molecule is CCC1=C(C)/C(=C/c2[nH]c(Cc3[nH]c(/C=C4\NC(=O)[C@H](C)[C@H]4C(C)S)c(C)c3CCC(=O)O)c(CCC(=O)O)c2C)NC1=O. The summed E-state index contributed by atoms with van der Waals surface area (Å²) in [5.74, 6) is -2.29. The third-order valence-corrected chi connectivity index (χ3v) is 9.29. The second-order valence-corrected chi connectivity index (χ2v) is 12.6. The van der Waals surface area contributed by atoms with E-state index in [1.807, 2.05) is 53.7 Å². The number of amides is 2. The molecule has 2 aliphatic heterocycles. The molecule has 4 heterocycles. The number of carboxylic acid groups (broad SMARTS) is 2. The summed E-state index contributed by atoms with van der Waals surface area (Å²) in [6, 6.07) is 0. The second-order valence-electron chi connectivity index (χ2n) is 11.8. The van der Waals surface area contributed by atoms with Crippen LogP contribution in [-0.4, -0.2) is 49.2 Å². The first kappa shape index (κ1) is 32.9. The Morgan fingerprint density at radius 1 is 0.909 bits per heavy atom. The van der Waals surface area contributed by atoms with E-state index < -0.39 is 11.9 Å². The van der Waals surface area contributed by atoms with Gasteiger partial charge < -0.3 is 30.8 Å². The molecule has 0 aliphatic carbocycles. The van der Waals surface area contributed by atoms with Crippen LogP contribution in [0.15, 0.2) is 22.5 Å². The van der Waals surface area contributed by atoms with Crippen LogP contribution in [0.2, 0.25) is 0 Å². The van der Waals surface area contributed by atoms with E-state index in [1.54, 1.807) is 0 Å². The normalized spacial score (nSPS) is 21.0. The molecule has 0 spiro atoms. The van der Waals surface area contributed by atoms with Crippen LogP contribution in [0.5, 0.6) is 0 Å². The fourth-order valence-corrected chi connectivity index (χ4v) is 6.84. The van der Waals surface area contributed by atoms with E-state index in [0.717, 1.165) is 61.9 Å². The number of carboxylic acids is 2. The fourth-order valence-electron chi connectivity index (χ4n) is 6.43. The molecule has 1 unspecified atom stereocenters. The van der Waals surface area contributed by atoms with Crippen molar-refractivity contribution >= 4 is 48.5 Å². The average molecular weight is 623 g/mol. The number of carbonyl (C=O) groups is 4. The molecule has 3 atom stereocenters. The van der Waals surface area contributed by atoms with Gasteiger partial charge >= 0.3 is 11.9 Å². The monoisotopic (exact) mass is 622 g/mol. The number of allylic oxidation sites excluding steroid dienone is 2. The van der Waals surface area contributed by atoms with Gasteiger partial charge in [0.05, 0.1) is 0 Å². The minimum atomic E-state index is -0.905. The number of rotatable bonds is 12. The van der Waals surface area contributed by atoms with Crippen molar-refractivity contribution in [1.82, 2.24) is 20.6 Å². The molecule has 44 heavy (non-hydrogen) atoms. The fraction of sp³-hybridized carbons (Fsp3) is 0.455. The van der Waals surface area contributed by atoms with Crippen molar-refractivity contribution in [1.29, 1.82) is 0 Å². The first-order valence-electron chi connectivity index (χ1n) is 15.0. The van der Waals surface area contributed by atoms with Crippen molar-refractivity contribution in [3.8, 4) is 0 Å². The summed E-state index contributed by atoms with van der Waals surface area (Å²) >= 11 is 4.63. The molecular weight excluding hydrogens is 580 g/mol. The Balaban J connectivity index is 1.79. The molecule has 2 amide bonds. The molecule has 1 saturated heterocycles. The number of carbonyl (C=O) groups excluding carboxylic acids is 2. The number of nitrogens with one attached hydrogen (secondary N) is 4. The number of aromatic nitrogens is 2. The van der Waals surface area contributed by atoms with Crippen LogP contribution >= 0.6 is 12.6 Å². The van der Waals surface area contributed by atoms with Crippen LogP contribution in [-0.2, 0) is 38.4 Å². The van der Waals surface area contributed by atoms with Crippen LogP contribution in [0.25, 0.3) is 12.2 Å². The number of aromatic amines is 2. The van der Waals surface area contributed by atoms with E-state index >= 15 is 0 Å². The highest BCUT2D eigenvalue weighted by Gasteiger charge is 2.37. The van der Waals surface area contributed by atoms with Crippen LogP contribution in [0.4, 0.5) is 0 Å². The summed E-state index contributed by atoms with van der Waals surface area (Å²) in [5, 5.41) is 24.8. The molecule has 10 nitrogen and oxygen atoms in total. The lowest BCUT2D eigenvalue weighted by atomic mass is 9.91. The van der Waals surface area contributed by atoms with Gasteiger partial charge in [0, 0.05) is 76.1 Å². The second kappa shape index (κ2) is 13.3. The molecule has 0 bridgehead atoms. The maximum absolute atomic E-state index is 12.5. The predicted molar refractivity (Wildman–Crippen MR) is 172 cm³/mol. The zero-order valence-corrected chi connectivity index (χ0v) is 27.0. The van der Waals surface area contributed by atoms with E-state index in [2.05, 4.69) is 33.2 Å². The van der Waals surface area contributed by atoms with Crippen molar-refractivity contribution < 1.29 is 29.4 Å². The third kappa shape index (κ3) is 6.72. The molecule has 6 N–H and O–H groups in total. The van der Waals surface area contributed by atoms with Crippen molar-refractivity contribution in [2.45, 2.75) is 85.3 Å². The van der Waals surface area contributed by atoms with Crippen molar-refractivity contribution in [3.05, 3.63) is 67.6 Å².